The number of halogens is 2. The van der Waals surface area contributed by atoms with Crippen LogP contribution in [0.4, 0.5) is 8.78 Å². The number of nitrogens with zero attached hydrogens (tertiary/aromatic N) is 6. The van der Waals surface area contributed by atoms with Gasteiger partial charge in [0.15, 0.2) is 0 Å². The first-order valence-corrected chi connectivity index (χ1v) is 11.3. The summed E-state index contributed by atoms with van der Waals surface area (Å²) < 4.78 is 41.6. The molecular formula is C24H21F2N7O2. The molecule has 0 atom stereocenters. The fraction of sp³-hybridized carbons (Fsp3) is 0.250. The van der Waals surface area contributed by atoms with E-state index < -0.39 is 11.6 Å². The van der Waals surface area contributed by atoms with E-state index in [9.17, 15) is 8.78 Å². The second-order valence-electron chi connectivity index (χ2n) is 8.26. The Bertz CT molecular complexity index is 1470. The van der Waals surface area contributed by atoms with Gasteiger partial charge in [-0.15, -0.1) is 0 Å². The van der Waals surface area contributed by atoms with Crippen LogP contribution in [0, 0.1) is 11.6 Å². The Morgan fingerprint density at radius 3 is 2.69 bits per heavy atom. The number of imidazole rings is 1. The summed E-state index contributed by atoms with van der Waals surface area (Å²) >= 11 is 0. The van der Waals surface area contributed by atoms with E-state index >= 15 is 0 Å². The molecule has 1 aromatic carbocycles. The van der Waals surface area contributed by atoms with Crippen molar-refractivity contribution in [3.05, 3.63) is 66.4 Å². The highest BCUT2D eigenvalue weighted by atomic mass is 19.1. The molecule has 1 N–H and O–H groups in total. The zero-order chi connectivity index (χ0) is 23.8. The molecule has 1 aliphatic heterocycles. The van der Waals surface area contributed by atoms with Crippen molar-refractivity contribution in [1.82, 2.24) is 34.6 Å². The standard InChI is InChI=1S/C24H21F2N7O2/c25-17-2-1-3-18(26)22(17)23-16(12-28-30-23)15-4-5-20-27-13-19(33(20)14-15)24-29-21(35-31-24)6-7-32-8-10-34-11-9-32/h1-5,12-14H,6-11H2,(H,28,30). The summed E-state index contributed by atoms with van der Waals surface area (Å²) in [6.45, 7) is 4.08. The Morgan fingerprint density at radius 2 is 1.86 bits per heavy atom. The summed E-state index contributed by atoms with van der Waals surface area (Å²) in [6.07, 6.45) is 5.66. The molecule has 0 radical (unpaired) electrons. The van der Waals surface area contributed by atoms with Crippen LogP contribution in [-0.2, 0) is 11.2 Å². The number of hydrogen-bond acceptors (Lipinski definition) is 7. The first kappa shape index (κ1) is 21.6. The molecule has 5 aromatic rings. The average molecular weight is 477 g/mol. The van der Waals surface area contributed by atoms with Gasteiger partial charge in [-0.2, -0.15) is 10.1 Å². The van der Waals surface area contributed by atoms with Gasteiger partial charge in [-0.05, 0) is 24.3 Å². The number of benzene rings is 1. The minimum Gasteiger partial charge on any atom is -0.379 e. The Labute approximate surface area is 198 Å². The zero-order valence-electron chi connectivity index (χ0n) is 18.6. The van der Waals surface area contributed by atoms with Gasteiger partial charge in [-0.1, -0.05) is 11.2 Å². The maximum Gasteiger partial charge on any atom is 0.228 e. The normalized spacial score (nSPS) is 14.7. The molecular weight excluding hydrogens is 456 g/mol. The lowest BCUT2D eigenvalue weighted by Crippen LogP contribution is -2.37. The first-order valence-electron chi connectivity index (χ1n) is 11.3. The fourth-order valence-corrected chi connectivity index (χ4v) is 4.28. The Morgan fingerprint density at radius 1 is 1.03 bits per heavy atom. The van der Waals surface area contributed by atoms with Crippen LogP contribution in [0.5, 0.6) is 0 Å². The summed E-state index contributed by atoms with van der Waals surface area (Å²) in [5.41, 5.74) is 2.66. The summed E-state index contributed by atoms with van der Waals surface area (Å²) in [5.74, 6) is -0.378. The zero-order valence-corrected chi connectivity index (χ0v) is 18.6. The molecule has 11 heteroatoms. The number of nitrogens with one attached hydrogen (secondary N) is 1. The van der Waals surface area contributed by atoms with Crippen molar-refractivity contribution in [2.75, 3.05) is 32.8 Å². The number of morpholine rings is 1. The molecule has 178 valence electrons. The van der Waals surface area contributed by atoms with Crippen molar-refractivity contribution in [2.24, 2.45) is 0 Å². The Kier molecular flexibility index (Phi) is 5.55. The van der Waals surface area contributed by atoms with Crippen LogP contribution in [-0.4, -0.2) is 67.5 Å². The van der Waals surface area contributed by atoms with Crippen molar-refractivity contribution >= 4 is 5.65 Å². The lowest BCUT2D eigenvalue weighted by molar-refractivity contribution is 0.0375. The minimum absolute atomic E-state index is 0.158. The summed E-state index contributed by atoms with van der Waals surface area (Å²) in [4.78, 5) is 11.3. The number of hydrogen-bond donors (Lipinski definition) is 1. The molecule has 5 heterocycles. The van der Waals surface area contributed by atoms with Gasteiger partial charge in [-0.3, -0.25) is 14.4 Å². The fourth-order valence-electron chi connectivity index (χ4n) is 4.28. The second-order valence-corrected chi connectivity index (χ2v) is 8.26. The molecule has 0 amide bonds. The van der Waals surface area contributed by atoms with Crippen LogP contribution in [0.2, 0.25) is 0 Å². The highest BCUT2D eigenvalue weighted by Crippen LogP contribution is 2.34. The van der Waals surface area contributed by atoms with Gasteiger partial charge in [0.25, 0.3) is 0 Å². The molecule has 0 aliphatic carbocycles. The molecule has 1 aliphatic rings. The number of H-pyrrole nitrogens is 1. The number of ether oxygens (including phenoxy) is 1. The van der Waals surface area contributed by atoms with Gasteiger partial charge < -0.3 is 9.26 Å². The van der Waals surface area contributed by atoms with E-state index in [1.54, 1.807) is 6.20 Å². The number of aromatic amines is 1. The van der Waals surface area contributed by atoms with Crippen LogP contribution in [0.15, 0.2) is 53.4 Å². The van der Waals surface area contributed by atoms with Gasteiger partial charge >= 0.3 is 0 Å². The third-order valence-electron chi connectivity index (χ3n) is 6.11. The van der Waals surface area contributed by atoms with Gasteiger partial charge in [-0.25, -0.2) is 13.8 Å². The van der Waals surface area contributed by atoms with Gasteiger partial charge in [0, 0.05) is 43.4 Å². The maximum atomic E-state index is 14.4. The minimum atomic E-state index is -0.670. The van der Waals surface area contributed by atoms with E-state index in [4.69, 9.17) is 9.26 Å². The van der Waals surface area contributed by atoms with Crippen LogP contribution in [0.3, 0.4) is 0 Å². The highest BCUT2D eigenvalue weighted by Gasteiger charge is 2.20. The molecule has 4 aromatic heterocycles. The molecule has 35 heavy (non-hydrogen) atoms. The molecule has 1 fully saturated rings. The number of rotatable bonds is 6. The number of pyridine rings is 1. The highest BCUT2D eigenvalue weighted by molar-refractivity contribution is 5.81. The molecule has 0 bridgehead atoms. The van der Waals surface area contributed by atoms with Crippen molar-refractivity contribution < 1.29 is 18.0 Å². The number of fused-ring (bicyclic) bond motifs is 1. The van der Waals surface area contributed by atoms with E-state index in [1.165, 1.54) is 24.4 Å². The van der Waals surface area contributed by atoms with E-state index in [0.717, 1.165) is 32.8 Å². The van der Waals surface area contributed by atoms with Gasteiger partial charge in [0.1, 0.15) is 23.0 Å². The van der Waals surface area contributed by atoms with Crippen molar-refractivity contribution in [1.29, 1.82) is 0 Å². The van der Waals surface area contributed by atoms with Gasteiger partial charge in [0.2, 0.25) is 11.7 Å². The topological polar surface area (TPSA) is 97.4 Å². The quantitative estimate of drug-likeness (QED) is 0.399. The van der Waals surface area contributed by atoms with Gasteiger partial charge in [0.05, 0.1) is 36.9 Å². The van der Waals surface area contributed by atoms with E-state index in [1.807, 2.05) is 22.7 Å². The first-order chi connectivity index (χ1) is 17.2. The Balaban J connectivity index is 1.31. The largest absolute Gasteiger partial charge is 0.379 e. The third-order valence-corrected chi connectivity index (χ3v) is 6.11. The third kappa shape index (κ3) is 4.08. The molecule has 0 unspecified atom stereocenters. The molecule has 1 saturated heterocycles. The predicted molar refractivity (Wildman–Crippen MR) is 122 cm³/mol. The predicted octanol–water partition coefficient (Wildman–Crippen LogP) is 3.59. The smallest absolute Gasteiger partial charge is 0.228 e. The molecule has 9 nitrogen and oxygen atoms in total. The van der Waals surface area contributed by atoms with E-state index in [2.05, 4.69) is 30.2 Å². The molecule has 6 rings (SSSR count). The monoisotopic (exact) mass is 477 g/mol. The summed E-state index contributed by atoms with van der Waals surface area (Å²) in [6, 6.07) is 7.39. The summed E-state index contributed by atoms with van der Waals surface area (Å²) in [5, 5.41) is 10.9. The SMILES string of the molecule is Fc1cccc(F)c1-c1[nH]ncc1-c1ccc2ncc(-c3noc(CCN4CCOCC4)n3)n2c1. The van der Waals surface area contributed by atoms with Crippen LogP contribution in [0.25, 0.3) is 39.5 Å². The Hall–Kier alpha value is -3.96. The van der Waals surface area contributed by atoms with E-state index in [-0.39, 0.29) is 11.3 Å². The number of aromatic nitrogens is 6. The van der Waals surface area contributed by atoms with Crippen molar-refractivity contribution in [3.63, 3.8) is 0 Å². The van der Waals surface area contributed by atoms with Crippen LogP contribution in [0.1, 0.15) is 5.89 Å². The van der Waals surface area contributed by atoms with E-state index in [0.29, 0.717) is 40.6 Å². The lowest BCUT2D eigenvalue weighted by atomic mass is 10.0. The second kappa shape index (κ2) is 9.01. The van der Waals surface area contributed by atoms with Crippen LogP contribution < -0.4 is 0 Å². The maximum absolute atomic E-state index is 14.4. The van der Waals surface area contributed by atoms with Crippen molar-refractivity contribution in [3.8, 4) is 33.9 Å². The van der Waals surface area contributed by atoms with Crippen molar-refractivity contribution in [2.45, 2.75) is 6.42 Å². The average Bonchev–Trinajstić information content (AvgIpc) is 3.62. The lowest BCUT2D eigenvalue weighted by Gasteiger charge is -2.25. The van der Waals surface area contributed by atoms with Crippen LogP contribution >= 0.6 is 0 Å². The molecule has 0 saturated carbocycles. The molecule has 0 spiro atoms. The summed E-state index contributed by atoms with van der Waals surface area (Å²) in [7, 11) is 0.